The smallest absolute Gasteiger partial charge is 0.191 e. The SMILES string of the molecule is CC(NC(C)C(C)(C)O)c1nn[nH]n1. The van der Waals surface area contributed by atoms with Gasteiger partial charge >= 0.3 is 0 Å². The van der Waals surface area contributed by atoms with Crippen molar-refractivity contribution in [2.24, 2.45) is 0 Å². The standard InChI is InChI=1S/C8H17N5O/c1-5(7-10-12-13-11-7)9-6(2)8(3,4)14/h5-6,9,14H,1-4H3,(H,10,11,12,13). The van der Waals surface area contributed by atoms with Crippen molar-refractivity contribution in [1.29, 1.82) is 0 Å². The van der Waals surface area contributed by atoms with Crippen molar-refractivity contribution in [3.63, 3.8) is 0 Å². The molecule has 0 saturated heterocycles. The minimum atomic E-state index is -0.766. The average Bonchev–Trinajstić information content (AvgIpc) is 2.53. The lowest BCUT2D eigenvalue weighted by Gasteiger charge is -2.28. The molecule has 0 saturated carbocycles. The fraction of sp³-hybridized carbons (Fsp3) is 0.875. The van der Waals surface area contributed by atoms with Crippen molar-refractivity contribution >= 4 is 0 Å². The summed E-state index contributed by atoms with van der Waals surface area (Å²) in [7, 11) is 0. The van der Waals surface area contributed by atoms with Crippen LogP contribution in [0.3, 0.4) is 0 Å². The number of nitrogens with one attached hydrogen (secondary N) is 2. The third-order valence-electron chi connectivity index (χ3n) is 2.31. The third kappa shape index (κ3) is 2.74. The van der Waals surface area contributed by atoms with Crippen molar-refractivity contribution in [2.45, 2.75) is 45.4 Å². The van der Waals surface area contributed by atoms with E-state index in [0.717, 1.165) is 0 Å². The van der Waals surface area contributed by atoms with Gasteiger partial charge < -0.3 is 10.4 Å². The number of rotatable bonds is 4. The van der Waals surface area contributed by atoms with Crippen LogP contribution >= 0.6 is 0 Å². The Kier molecular flexibility index (Phi) is 3.17. The first-order valence-electron chi connectivity index (χ1n) is 4.63. The van der Waals surface area contributed by atoms with E-state index in [4.69, 9.17) is 0 Å². The summed E-state index contributed by atoms with van der Waals surface area (Å²) in [5.41, 5.74) is -0.766. The average molecular weight is 199 g/mol. The van der Waals surface area contributed by atoms with Crippen LogP contribution in [0.1, 0.15) is 39.6 Å². The largest absolute Gasteiger partial charge is 0.389 e. The van der Waals surface area contributed by atoms with Crippen LogP contribution < -0.4 is 5.32 Å². The molecule has 0 radical (unpaired) electrons. The van der Waals surface area contributed by atoms with E-state index in [1.807, 2.05) is 13.8 Å². The van der Waals surface area contributed by atoms with Crippen molar-refractivity contribution in [1.82, 2.24) is 25.9 Å². The molecule has 0 aliphatic heterocycles. The van der Waals surface area contributed by atoms with Crippen LogP contribution in [0.4, 0.5) is 0 Å². The van der Waals surface area contributed by atoms with Gasteiger partial charge in [0.15, 0.2) is 5.82 Å². The van der Waals surface area contributed by atoms with Crippen LogP contribution in [-0.4, -0.2) is 37.4 Å². The lowest BCUT2D eigenvalue weighted by Crippen LogP contribution is -2.45. The molecular formula is C8H17N5O. The number of aliphatic hydroxyl groups is 1. The highest BCUT2D eigenvalue weighted by atomic mass is 16.3. The molecule has 1 rings (SSSR count). The van der Waals surface area contributed by atoms with E-state index < -0.39 is 5.60 Å². The van der Waals surface area contributed by atoms with E-state index in [2.05, 4.69) is 25.9 Å². The second-order valence-corrected chi connectivity index (χ2v) is 4.03. The van der Waals surface area contributed by atoms with Crippen LogP contribution in [0.2, 0.25) is 0 Å². The van der Waals surface area contributed by atoms with E-state index in [1.165, 1.54) is 0 Å². The van der Waals surface area contributed by atoms with E-state index in [1.54, 1.807) is 13.8 Å². The molecule has 0 aromatic carbocycles. The molecule has 0 bridgehead atoms. The fourth-order valence-electron chi connectivity index (χ4n) is 1.01. The molecule has 0 spiro atoms. The van der Waals surface area contributed by atoms with Crippen LogP contribution in [0, 0.1) is 0 Å². The molecule has 0 fully saturated rings. The van der Waals surface area contributed by atoms with Crippen molar-refractivity contribution < 1.29 is 5.11 Å². The summed E-state index contributed by atoms with van der Waals surface area (Å²) in [6.07, 6.45) is 0. The zero-order valence-corrected chi connectivity index (χ0v) is 8.94. The maximum Gasteiger partial charge on any atom is 0.191 e. The first kappa shape index (κ1) is 11.1. The van der Waals surface area contributed by atoms with Crippen LogP contribution in [0.5, 0.6) is 0 Å². The number of nitrogens with zero attached hydrogens (tertiary/aromatic N) is 3. The van der Waals surface area contributed by atoms with Gasteiger partial charge in [-0.3, -0.25) is 0 Å². The summed E-state index contributed by atoms with van der Waals surface area (Å²) in [6.45, 7) is 7.35. The number of hydrogen-bond acceptors (Lipinski definition) is 5. The number of aromatic nitrogens is 4. The molecule has 3 N–H and O–H groups in total. The quantitative estimate of drug-likeness (QED) is 0.636. The fourth-order valence-corrected chi connectivity index (χ4v) is 1.01. The Morgan fingerprint density at radius 3 is 2.50 bits per heavy atom. The van der Waals surface area contributed by atoms with E-state index >= 15 is 0 Å². The van der Waals surface area contributed by atoms with Crippen LogP contribution in [-0.2, 0) is 0 Å². The molecule has 0 aliphatic carbocycles. The predicted molar refractivity (Wildman–Crippen MR) is 51.5 cm³/mol. The number of aromatic amines is 1. The van der Waals surface area contributed by atoms with Gasteiger partial charge in [-0.05, 0) is 27.7 Å². The zero-order chi connectivity index (χ0) is 10.8. The predicted octanol–water partition coefficient (Wildman–Crippen LogP) is 0.00970. The van der Waals surface area contributed by atoms with E-state index in [0.29, 0.717) is 5.82 Å². The van der Waals surface area contributed by atoms with E-state index in [9.17, 15) is 5.11 Å². The molecule has 1 heterocycles. The molecule has 6 nitrogen and oxygen atoms in total. The normalized spacial score (nSPS) is 16.6. The number of tetrazole rings is 1. The molecule has 2 unspecified atom stereocenters. The Labute approximate surface area is 83.1 Å². The van der Waals surface area contributed by atoms with Gasteiger partial charge in [-0.15, -0.1) is 10.2 Å². The summed E-state index contributed by atoms with van der Waals surface area (Å²) in [6, 6.07) is -0.0776. The Hall–Kier alpha value is -1.01. The summed E-state index contributed by atoms with van der Waals surface area (Å²) in [5, 5.41) is 26.5. The van der Waals surface area contributed by atoms with Gasteiger partial charge in [0.1, 0.15) is 0 Å². The van der Waals surface area contributed by atoms with Crippen molar-refractivity contribution in [2.75, 3.05) is 0 Å². The molecular weight excluding hydrogens is 182 g/mol. The third-order valence-corrected chi connectivity index (χ3v) is 2.31. The van der Waals surface area contributed by atoms with E-state index in [-0.39, 0.29) is 12.1 Å². The van der Waals surface area contributed by atoms with Gasteiger partial charge in [0.2, 0.25) is 0 Å². The summed E-state index contributed by atoms with van der Waals surface area (Å²) >= 11 is 0. The molecule has 1 aromatic heterocycles. The molecule has 0 aliphatic rings. The molecule has 0 amide bonds. The van der Waals surface area contributed by atoms with Gasteiger partial charge in [-0.2, -0.15) is 5.21 Å². The molecule has 14 heavy (non-hydrogen) atoms. The Bertz CT molecular complexity index is 266. The van der Waals surface area contributed by atoms with Crippen LogP contribution in [0.15, 0.2) is 0 Å². The molecule has 6 heteroatoms. The van der Waals surface area contributed by atoms with Crippen molar-refractivity contribution in [3.8, 4) is 0 Å². The maximum atomic E-state index is 9.71. The first-order chi connectivity index (χ1) is 6.41. The monoisotopic (exact) mass is 199 g/mol. The lowest BCUT2D eigenvalue weighted by atomic mass is 10.00. The second-order valence-electron chi connectivity index (χ2n) is 4.03. The number of hydrogen-bond donors (Lipinski definition) is 3. The van der Waals surface area contributed by atoms with Gasteiger partial charge in [0, 0.05) is 6.04 Å². The summed E-state index contributed by atoms with van der Waals surface area (Å²) in [4.78, 5) is 0. The van der Waals surface area contributed by atoms with Gasteiger partial charge in [-0.25, -0.2) is 0 Å². The molecule has 1 aromatic rings. The lowest BCUT2D eigenvalue weighted by molar-refractivity contribution is 0.0401. The Morgan fingerprint density at radius 1 is 1.43 bits per heavy atom. The Morgan fingerprint density at radius 2 is 2.07 bits per heavy atom. The van der Waals surface area contributed by atoms with Crippen molar-refractivity contribution in [3.05, 3.63) is 5.82 Å². The topological polar surface area (TPSA) is 86.7 Å². The van der Waals surface area contributed by atoms with Gasteiger partial charge in [0.25, 0.3) is 0 Å². The molecule has 2 atom stereocenters. The highest BCUT2D eigenvalue weighted by Crippen LogP contribution is 2.12. The summed E-state index contributed by atoms with van der Waals surface area (Å²) < 4.78 is 0. The number of H-pyrrole nitrogens is 1. The van der Waals surface area contributed by atoms with Crippen LogP contribution in [0.25, 0.3) is 0 Å². The minimum absolute atomic E-state index is 0.0322. The summed E-state index contributed by atoms with van der Waals surface area (Å²) in [5.74, 6) is 0.598. The zero-order valence-electron chi connectivity index (χ0n) is 8.94. The highest BCUT2D eigenvalue weighted by molar-refractivity contribution is 4.90. The maximum absolute atomic E-state index is 9.71. The Balaban J connectivity index is 2.53. The molecule has 80 valence electrons. The first-order valence-corrected chi connectivity index (χ1v) is 4.63. The highest BCUT2D eigenvalue weighted by Gasteiger charge is 2.24. The minimum Gasteiger partial charge on any atom is -0.389 e. The van der Waals surface area contributed by atoms with Gasteiger partial charge in [0.05, 0.1) is 11.6 Å². The second kappa shape index (κ2) is 4.02. The van der Waals surface area contributed by atoms with Gasteiger partial charge in [-0.1, -0.05) is 5.21 Å².